The van der Waals surface area contributed by atoms with Crippen LogP contribution in [0.15, 0.2) is 48.8 Å². The van der Waals surface area contributed by atoms with Crippen LogP contribution in [0.2, 0.25) is 0 Å². The molecule has 2 aromatic heterocycles. The molecule has 0 spiro atoms. The van der Waals surface area contributed by atoms with Crippen LogP contribution in [0.4, 0.5) is 5.82 Å². The van der Waals surface area contributed by atoms with Gasteiger partial charge in [0.25, 0.3) is 5.91 Å². The molecule has 0 aliphatic carbocycles. The summed E-state index contributed by atoms with van der Waals surface area (Å²) in [6.45, 7) is 1.15. The fourth-order valence-electron chi connectivity index (χ4n) is 3.37. The van der Waals surface area contributed by atoms with Crippen molar-refractivity contribution in [1.29, 1.82) is 0 Å². The largest absolute Gasteiger partial charge is 0.471 e. The van der Waals surface area contributed by atoms with E-state index in [2.05, 4.69) is 15.1 Å². The standard InChI is InChI=1S/C21H24N6O2/c1-25(2)19-12-22-13-20(23-19)29-16-9-10-27(14-16)21(28)18-11-17(24-26(18)3)15-7-5-4-6-8-15/h4-8,11-13,16H,9-10,14H2,1-3H3. The summed E-state index contributed by atoms with van der Waals surface area (Å²) in [6.07, 6.45) is 3.94. The highest BCUT2D eigenvalue weighted by atomic mass is 16.5. The first-order chi connectivity index (χ1) is 14.0. The lowest BCUT2D eigenvalue weighted by atomic mass is 10.1. The molecule has 1 saturated heterocycles. The van der Waals surface area contributed by atoms with Gasteiger partial charge in [0, 0.05) is 39.7 Å². The summed E-state index contributed by atoms with van der Waals surface area (Å²) in [5.74, 6) is 1.17. The molecule has 1 aliphatic rings. The third-order valence-corrected chi connectivity index (χ3v) is 4.95. The SMILES string of the molecule is CN(C)c1cncc(OC2CCN(C(=O)c3cc(-c4ccccc4)nn3C)C2)n1. The number of amides is 1. The van der Waals surface area contributed by atoms with Crippen LogP contribution in [0.5, 0.6) is 5.88 Å². The molecule has 3 heterocycles. The molecule has 0 N–H and O–H groups in total. The smallest absolute Gasteiger partial charge is 0.272 e. The van der Waals surface area contributed by atoms with Gasteiger partial charge in [-0.1, -0.05) is 30.3 Å². The third kappa shape index (κ3) is 4.06. The van der Waals surface area contributed by atoms with Gasteiger partial charge in [-0.2, -0.15) is 10.1 Å². The van der Waals surface area contributed by atoms with Crippen LogP contribution in [0.1, 0.15) is 16.9 Å². The van der Waals surface area contributed by atoms with E-state index < -0.39 is 0 Å². The second-order valence-corrected chi connectivity index (χ2v) is 7.29. The molecular weight excluding hydrogens is 368 g/mol. The van der Waals surface area contributed by atoms with Crippen molar-refractivity contribution in [3.05, 3.63) is 54.5 Å². The van der Waals surface area contributed by atoms with E-state index in [1.54, 1.807) is 29.0 Å². The minimum absolute atomic E-state index is 0.0404. The Morgan fingerprint density at radius 1 is 1.21 bits per heavy atom. The minimum Gasteiger partial charge on any atom is -0.471 e. The van der Waals surface area contributed by atoms with Crippen LogP contribution in [-0.2, 0) is 7.05 Å². The maximum atomic E-state index is 13.0. The predicted molar refractivity (Wildman–Crippen MR) is 110 cm³/mol. The van der Waals surface area contributed by atoms with E-state index in [0.717, 1.165) is 23.5 Å². The molecule has 1 fully saturated rings. The molecule has 3 aromatic rings. The van der Waals surface area contributed by atoms with Crippen LogP contribution in [-0.4, -0.2) is 63.8 Å². The minimum atomic E-state index is -0.104. The number of hydrogen-bond acceptors (Lipinski definition) is 6. The van der Waals surface area contributed by atoms with E-state index in [9.17, 15) is 4.79 Å². The van der Waals surface area contributed by atoms with Crippen LogP contribution in [0, 0.1) is 0 Å². The van der Waals surface area contributed by atoms with Crippen molar-refractivity contribution >= 4 is 11.7 Å². The predicted octanol–water partition coefficient (Wildman–Crippen LogP) is 2.24. The lowest BCUT2D eigenvalue weighted by Gasteiger charge is -2.17. The van der Waals surface area contributed by atoms with Crippen molar-refractivity contribution in [3.63, 3.8) is 0 Å². The molecule has 1 amide bonds. The maximum Gasteiger partial charge on any atom is 0.272 e. The molecule has 0 saturated carbocycles. The van der Waals surface area contributed by atoms with Crippen molar-refractivity contribution in [2.45, 2.75) is 12.5 Å². The Kier molecular flexibility index (Phi) is 5.16. The van der Waals surface area contributed by atoms with Crippen LogP contribution in [0.25, 0.3) is 11.3 Å². The number of benzene rings is 1. The van der Waals surface area contributed by atoms with Crippen molar-refractivity contribution in [3.8, 4) is 17.1 Å². The molecule has 1 aliphatic heterocycles. The van der Waals surface area contributed by atoms with Gasteiger partial charge in [-0.3, -0.25) is 14.5 Å². The Bertz CT molecular complexity index is 1000. The van der Waals surface area contributed by atoms with Gasteiger partial charge in [-0.15, -0.1) is 0 Å². The molecule has 8 nitrogen and oxygen atoms in total. The zero-order valence-electron chi connectivity index (χ0n) is 16.8. The van der Waals surface area contributed by atoms with E-state index >= 15 is 0 Å². The molecule has 4 rings (SSSR count). The second-order valence-electron chi connectivity index (χ2n) is 7.29. The number of anilines is 1. The van der Waals surface area contributed by atoms with Crippen LogP contribution in [0.3, 0.4) is 0 Å². The average molecular weight is 392 g/mol. The molecule has 29 heavy (non-hydrogen) atoms. The number of carbonyl (C=O) groups is 1. The zero-order valence-corrected chi connectivity index (χ0v) is 16.8. The van der Waals surface area contributed by atoms with E-state index in [4.69, 9.17) is 4.74 Å². The van der Waals surface area contributed by atoms with E-state index in [1.165, 1.54) is 0 Å². The normalized spacial score (nSPS) is 16.1. The van der Waals surface area contributed by atoms with Crippen molar-refractivity contribution in [1.82, 2.24) is 24.6 Å². The van der Waals surface area contributed by atoms with Crippen molar-refractivity contribution in [2.24, 2.45) is 7.05 Å². The Morgan fingerprint density at radius 2 is 2.00 bits per heavy atom. The van der Waals surface area contributed by atoms with Gasteiger partial charge in [0.2, 0.25) is 5.88 Å². The van der Waals surface area contributed by atoms with Gasteiger partial charge in [-0.05, 0) is 6.07 Å². The molecule has 150 valence electrons. The summed E-state index contributed by atoms with van der Waals surface area (Å²) in [5, 5.41) is 4.50. The lowest BCUT2D eigenvalue weighted by Crippen LogP contribution is -2.32. The fourth-order valence-corrected chi connectivity index (χ4v) is 3.37. The van der Waals surface area contributed by atoms with E-state index in [1.807, 2.05) is 55.4 Å². The number of rotatable bonds is 5. The van der Waals surface area contributed by atoms with Crippen LogP contribution >= 0.6 is 0 Å². The first kappa shape index (κ1) is 18.9. The van der Waals surface area contributed by atoms with Crippen molar-refractivity contribution < 1.29 is 9.53 Å². The first-order valence-corrected chi connectivity index (χ1v) is 9.56. The van der Waals surface area contributed by atoms with Gasteiger partial charge in [0.15, 0.2) is 5.82 Å². The molecule has 0 radical (unpaired) electrons. The molecule has 1 aromatic carbocycles. The highest BCUT2D eigenvalue weighted by Gasteiger charge is 2.30. The molecule has 8 heteroatoms. The monoisotopic (exact) mass is 392 g/mol. The summed E-state index contributed by atoms with van der Waals surface area (Å²) in [4.78, 5) is 25.3. The van der Waals surface area contributed by atoms with Gasteiger partial charge in [0.05, 0.1) is 24.6 Å². The second kappa shape index (κ2) is 7.90. The van der Waals surface area contributed by atoms with E-state index in [0.29, 0.717) is 24.7 Å². The summed E-state index contributed by atoms with van der Waals surface area (Å²) < 4.78 is 7.61. The Balaban J connectivity index is 1.44. The summed E-state index contributed by atoms with van der Waals surface area (Å²) in [5.41, 5.74) is 2.35. The summed E-state index contributed by atoms with van der Waals surface area (Å²) in [6, 6.07) is 11.7. The van der Waals surface area contributed by atoms with Gasteiger partial charge >= 0.3 is 0 Å². The highest BCUT2D eigenvalue weighted by Crippen LogP contribution is 2.22. The van der Waals surface area contributed by atoms with Crippen molar-refractivity contribution in [2.75, 3.05) is 32.1 Å². The number of aryl methyl sites for hydroxylation is 1. The number of aromatic nitrogens is 4. The lowest BCUT2D eigenvalue weighted by molar-refractivity contribution is 0.0760. The Labute approximate surface area is 169 Å². The number of ether oxygens (including phenoxy) is 1. The summed E-state index contributed by atoms with van der Waals surface area (Å²) in [7, 11) is 5.61. The van der Waals surface area contributed by atoms with E-state index in [-0.39, 0.29) is 12.0 Å². The fraction of sp³-hybridized carbons (Fsp3) is 0.333. The quantitative estimate of drug-likeness (QED) is 0.663. The molecule has 1 atom stereocenters. The Hall–Kier alpha value is -3.42. The zero-order chi connectivity index (χ0) is 20.4. The third-order valence-electron chi connectivity index (χ3n) is 4.95. The molecular formula is C21H24N6O2. The Morgan fingerprint density at radius 3 is 2.76 bits per heavy atom. The number of nitrogens with zero attached hydrogens (tertiary/aromatic N) is 6. The average Bonchev–Trinajstić information content (AvgIpc) is 3.35. The number of likely N-dealkylation sites (tertiary alicyclic amines) is 1. The maximum absolute atomic E-state index is 13.0. The molecule has 1 unspecified atom stereocenters. The topological polar surface area (TPSA) is 76.4 Å². The van der Waals surface area contributed by atoms with Gasteiger partial charge in [0.1, 0.15) is 11.8 Å². The van der Waals surface area contributed by atoms with Gasteiger partial charge in [-0.25, -0.2) is 0 Å². The highest BCUT2D eigenvalue weighted by molar-refractivity contribution is 5.94. The number of hydrogen-bond donors (Lipinski definition) is 0. The summed E-state index contributed by atoms with van der Waals surface area (Å²) >= 11 is 0. The first-order valence-electron chi connectivity index (χ1n) is 9.56. The molecule has 0 bridgehead atoms. The van der Waals surface area contributed by atoms with Gasteiger partial charge < -0.3 is 14.5 Å². The number of carbonyl (C=O) groups excluding carboxylic acids is 1. The van der Waals surface area contributed by atoms with Crippen LogP contribution < -0.4 is 9.64 Å².